The van der Waals surface area contributed by atoms with E-state index in [2.05, 4.69) is 16.8 Å². The molecule has 3 rings (SSSR count). The summed E-state index contributed by atoms with van der Waals surface area (Å²) in [5, 5.41) is 0.602. The van der Waals surface area contributed by atoms with Crippen LogP contribution in [0.3, 0.4) is 0 Å². The lowest BCUT2D eigenvalue weighted by atomic mass is 10.0. The van der Waals surface area contributed by atoms with Gasteiger partial charge in [-0.15, -0.1) is 0 Å². The Labute approximate surface area is 171 Å². The van der Waals surface area contributed by atoms with Crippen LogP contribution in [0, 0.1) is 0 Å². The molecule has 7 heteroatoms. The number of benzene rings is 1. The number of rotatable bonds is 7. The van der Waals surface area contributed by atoms with Crippen molar-refractivity contribution in [1.29, 1.82) is 0 Å². The summed E-state index contributed by atoms with van der Waals surface area (Å²) in [5.74, 6) is -0.435. The first-order valence-corrected chi connectivity index (χ1v) is 10.2. The van der Waals surface area contributed by atoms with Crippen molar-refractivity contribution in [2.24, 2.45) is 0 Å². The third-order valence-electron chi connectivity index (χ3n) is 5.07. The Morgan fingerprint density at radius 1 is 1.04 bits per heavy atom. The van der Waals surface area contributed by atoms with E-state index in [1.807, 2.05) is 26.0 Å². The van der Waals surface area contributed by atoms with Gasteiger partial charge < -0.3 is 14.5 Å². The summed E-state index contributed by atoms with van der Waals surface area (Å²) in [5.41, 5.74) is 1.74. The molecule has 1 aromatic rings. The van der Waals surface area contributed by atoms with Gasteiger partial charge in [0.1, 0.15) is 5.70 Å². The van der Waals surface area contributed by atoms with Gasteiger partial charge in [0.25, 0.3) is 11.8 Å². The van der Waals surface area contributed by atoms with Crippen molar-refractivity contribution in [3.05, 3.63) is 40.5 Å². The summed E-state index contributed by atoms with van der Waals surface area (Å²) in [6.45, 7) is 8.00. The Balaban J connectivity index is 1.86. The van der Waals surface area contributed by atoms with Gasteiger partial charge in [-0.25, -0.2) is 0 Å². The van der Waals surface area contributed by atoms with E-state index < -0.39 is 0 Å². The Hall–Kier alpha value is -1.89. The van der Waals surface area contributed by atoms with Crippen molar-refractivity contribution >= 4 is 29.0 Å². The number of hydrogen-bond donors (Lipinski definition) is 0. The molecule has 0 atom stereocenters. The highest BCUT2D eigenvalue weighted by Gasteiger charge is 2.41. The molecular weight excluding hydrogens is 378 g/mol. The number of halogens is 1. The number of hydrogen-bond acceptors (Lipinski definition) is 5. The Morgan fingerprint density at radius 2 is 1.68 bits per heavy atom. The lowest BCUT2D eigenvalue weighted by molar-refractivity contribution is -0.137. The van der Waals surface area contributed by atoms with Crippen LogP contribution in [0.15, 0.2) is 30.0 Å². The van der Waals surface area contributed by atoms with Crippen LogP contribution in [-0.2, 0) is 14.3 Å². The van der Waals surface area contributed by atoms with Crippen LogP contribution in [0.2, 0.25) is 5.02 Å². The molecule has 0 saturated carbocycles. The summed E-state index contributed by atoms with van der Waals surface area (Å²) in [7, 11) is 2.06. The molecule has 2 amide bonds. The van der Waals surface area contributed by atoms with Gasteiger partial charge in [-0.2, -0.15) is 0 Å². The van der Waals surface area contributed by atoms with E-state index in [0.29, 0.717) is 35.9 Å². The highest BCUT2D eigenvalue weighted by molar-refractivity contribution is 6.36. The SMILES string of the molecule is CC(C)OCCCN1C(=O)C(c2ccc(Cl)cc2)=C(N2CCN(C)CC2)C1=O. The first-order chi connectivity index (χ1) is 13.4. The highest BCUT2D eigenvalue weighted by atomic mass is 35.5. The molecule has 1 fully saturated rings. The van der Waals surface area contributed by atoms with Crippen molar-refractivity contribution in [3.63, 3.8) is 0 Å². The number of amides is 2. The number of imide groups is 1. The van der Waals surface area contributed by atoms with E-state index in [9.17, 15) is 9.59 Å². The predicted molar refractivity (Wildman–Crippen MR) is 110 cm³/mol. The van der Waals surface area contributed by atoms with Gasteiger partial charge in [-0.1, -0.05) is 23.7 Å². The highest BCUT2D eigenvalue weighted by Crippen LogP contribution is 2.32. The zero-order valence-corrected chi connectivity index (χ0v) is 17.5. The van der Waals surface area contributed by atoms with Crippen LogP contribution in [0.5, 0.6) is 0 Å². The number of nitrogens with zero attached hydrogens (tertiary/aromatic N) is 3. The van der Waals surface area contributed by atoms with Gasteiger partial charge in [0.05, 0.1) is 11.7 Å². The van der Waals surface area contributed by atoms with E-state index >= 15 is 0 Å². The maximum absolute atomic E-state index is 13.2. The Kier molecular flexibility index (Phi) is 6.75. The average molecular weight is 406 g/mol. The van der Waals surface area contributed by atoms with Crippen LogP contribution in [0.4, 0.5) is 0 Å². The van der Waals surface area contributed by atoms with Crippen molar-refractivity contribution in [1.82, 2.24) is 14.7 Å². The summed E-state index contributed by atoms with van der Waals surface area (Å²) < 4.78 is 5.56. The van der Waals surface area contributed by atoms with E-state index in [1.165, 1.54) is 4.90 Å². The summed E-state index contributed by atoms with van der Waals surface area (Å²) in [6, 6.07) is 7.12. The third kappa shape index (κ3) is 4.57. The standard InChI is InChI=1S/C21H28ClN3O3/c1-15(2)28-14-4-9-25-20(26)18(16-5-7-17(22)8-6-16)19(21(25)27)24-12-10-23(3)11-13-24/h5-8,15H,4,9-14H2,1-3H3. The van der Waals surface area contributed by atoms with Gasteiger partial charge in [0.2, 0.25) is 0 Å². The molecule has 2 aliphatic rings. The van der Waals surface area contributed by atoms with E-state index in [0.717, 1.165) is 31.7 Å². The first kappa shape index (κ1) is 20.8. The summed E-state index contributed by atoms with van der Waals surface area (Å²) in [6.07, 6.45) is 0.758. The topological polar surface area (TPSA) is 53.1 Å². The molecule has 152 valence electrons. The van der Waals surface area contributed by atoms with Crippen LogP contribution in [0.1, 0.15) is 25.8 Å². The van der Waals surface area contributed by atoms with Crippen molar-refractivity contribution in [2.45, 2.75) is 26.4 Å². The minimum Gasteiger partial charge on any atom is -0.379 e. The lowest BCUT2D eigenvalue weighted by Crippen LogP contribution is -2.46. The molecule has 0 N–H and O–H groups in total. The molecule has 2 heterocycles. The summed E-state index contributed by atoms with van der Waals surface area (Å²) >= 11 is 6.02. The molecule has 1 aromatic carbocycles. The number of carbonyl (C=O) groups excluding carboxylic acids is 2. The largest absolute Gasteiger partial charge is 0.379 e. The average Bonchev–Trinajstić information content (AvgIpc) is 2.91. The summed E-state index contributed by atoms with van der Waals surface area (Å²) in [4.78, 5) is 32.0. The lowest BCUT2D eigenvalue weighted by Gasteiger charge is -2.34. The Bertz CT molecular complexity index is 753. The second-order valence-corrected chi connectivity index (χ2v) is 7.99. The van der Waals surface area contributed by atoms with Crippen molar-refractivity contribution in [2.75, 3.05) is 46.4 Å². The molecule has 0 radical (unpaired) electrons. The van der Waals surface area contributed by atoms with E-state index in [-0.39, 0.29) is 17.9 Å². The normalized spacial score (nSPS) is 18.8. The first-order valence-electron chi connectivity index (χ1n) is 9.80. The van der Waals surface area contributed by atoms with Gasteiger partial charge >= 0.3 is 0 Å². The molecule has 0 aromatic heterocycles. The minimum absolute atomic E-state index is 0.133. The third-order valence-corrected chi connectivity index (χ3v) is 5.33. The molecule has 28 heavy (non-hydrogen) atoms. The van der Waals surface area contributed by atoms with E-state index in [1.54, 1.807) is 12.1 Å². The second-order valence-electron chi connectivity index (χ2n) is 7.56. The fourth-order valence-electron chi connectivity index (χ4n) is 3.51. The zero-order valence-electron chi connectivity index (χ0n) is 16.8. The van der Waals surface area contributed by atoms with Crippen molar-refractivity contribution < 1.29 is 14.3 Å². The van der Waals surface area contributed by atoms with Crippen molar-refractivity contribution in [3.8, 4) is 0 Å². The predicted octanol–water partition coefficient (Wildman–Crippen LogP) is 2.48. The fourth-order valence-corrected chi connectivity index (χ4v) is 3.63. The minimum atomic E-state index is -0.231. The van der Waals surface area contributed by atoms with Crippen LogP contribution >= 0.6 is 11.6 Å². The van der Waals surface area contributed by atoms with Gasteiger partial charge in [-0.05, 0) is 45.0 Å². The second kappa shape index (κ2) is 9.07. The monoisotopic (exact) mass is 405 g/mol. The molecule has 1 saturated heterocycles. The maximum Gasteiger partial charge on any atom is 0.277 e. The molecule has 0 aliphatic carbocycles. The molecule has 6 nitrogen and oxygen atoms in total. The number of carbonyl (C=O) groups is 2. The van der Waals surface area contributed by atoms with E-state index in [4.69, 9.17) is 16.3 Å². The van der Waals surface area contributed by atoms with Crippen LogP contribution in [0.25, 0.3) is 5.57 Å². The van der Waals surface area contributed by atoms with Gasteiger partial charge in [0.15, 0.2) is 0 Å². The Morgan fingerprint density at radius 3 is 2.29 bits per heavy atom. The van der Waals surface area contributed by atoms with Gasteiger partial charge in [0, 0.05) is 44.4 Å². The molecule has 0 bridgehead atoms. The molecule has 2 aliphatic heterocycles. The smallest absolute Gasteiger partial charge is 0.277 e. The van der Waals surface area contributed by atoms with Gasteiger partial charge in [-0.3, -0.25) is 14.5 Å². The number of likely N-dealkylation sites (N-methyl/N-ethyl adjacent to an activating group) is 1. The fraction of sp³-hybridized carbons (Fsp3) is 0.524. The number of piperazine rings is 1. The maximum atomic E-state index is 13.2. The number of ether oxygens (including phenoxy) is 1. The van der Waals surface area contributed by atoms with Crippen LogP contribution < -0.4 is 0 Å². The molecular formula is C21H28ClN3O3. The molecule has 0 spiro atoms. The quantitative estimate of drug-likeness (QED) is 0.515. The zero-order chi connectivity index (χ0) is 20.3. The molecule has 0 unspecified atom stereocenters. The van der Waals surface area contributed by atoms with Crippen LogP contribution in [-0.4, -0.2) is 79.0 Å².